The van der Waals surface area contributed by atoms with Crippen molar-refractivity contribution in [3.05, 3.63) is 58.1 Å². The Labute approximate surface area is 111 Å². The summed E-state index contributed by atoms with van der Waals surface area (Å²) in [6, 6.07) is 8.37. The minimum absolute atomic E-state index is 0.0230. The Kier molecular flexibility index (Phi) is 3.55. The molecule has 0 spiro atoms. The Balaban J connectivity index is 2.33. The maximum atomic E-state index is 9.70. The van der Waals surface area contributed by atoms with Crippen molar-refractivity contribution in [2.75, 3.05) is 0 Å². The van der Waals surface area contributed by atoms with Gasteiger partial charge in [0.25, 0.3) is 0 Å². The Bertz CT molecular complexity index is 474. The monoisotopic (exact) mass is 292 g/mol. The summed E-state index contributed by atoms with van der Waals surface area (Å²) in [5, 5.41) is 9.70. The molecule has 1 aliphatic rings. The molecule has 0 saturated heterocycles. The van der Waals surface area contributed by atoms with Crippen LogP contribution in [-0.2, 0) is 5.41 Å². The summed E-state index contributed by atoms with van der Waals surface area (Å²) in [5.41, 5.74) is 2.34. The Hall–Kier alpha value is -0.860. The second-order valence-corrected chi connectivity index (χ2v) is 5.80. The summed E-state index contributed by atoms with van der Waals surface area (Å²) in [7, 11) is 0. The van der Waals surface area contributed by atoms with Gasteiger partial charge in [-0.25, -0.2) is 0 Å². The van der Waals surface area contributed by atoms with E-state index in [0.29, 0.717) is 0 Å². The van der Waals surface area contributed by atoms with Gasteiger partial charge in [-0.3, -0.25) is 0 Å². The Morgan fingerprint density at radius 1 is 1.41 bits per heavy atom. The molecular formula is C15H17BrO. The molecule has 2 rings (SSSR count). The van der Waals surface area contributed by atoms with Gasteiger partial charge >= 0.3 is 0 Å². The molecule has 0 fully saturated rings. The molecule has 0 saturated carbocycles. The van der Waals surface area contributed by atoms with Gasteiger partial charge in [0.2, 0.25) is 0 Å². The van der Waals surface area contributed by atoms with Gasteiger partial charge in [0.15, 0.2) is 0 Å². The molecule has 0 bridgehead atoms. The van der Waals surface area contributed by atoms with Crippen LogP contribution in [0.3, 0.4) is 0 Å². The van der Waals surface area contributed by atoms with E-state index in [2.05, 4.69) is 47.1 Å². The molecule has 1 N–H and O–H groups in total. The number of aliphatic hydroxyl groups is 1. The number of aliphatic hydroxyl groups excluding tert-OH is 1. The Morgan fingerprint density at radius 3 is 2.82 bits per heavy atom. The maximum absolute atomic E-state index is 9.70. The predicted molar refractivity (Wildman–Crippen MR) is 75.0 cm³/mol. The first-order valence-corrected chi connectivity index (χ1v) is 6.63. The molecule has 2 unspecified atom stereocenters. The summed E-state index contributed by atoms with van der Waals surface area (Å²) < 4.78 is 1.10. The lowest BCUT2D eigenvalue weighted by atomic mass is 9.74. The molecule has 17 heavy (non-hydrogen) atoms. The molecule has 2 heteroatoms. The molecule has 1 aromatic rings. The lowest BCUT2D eigenvalue weighted by molar-refractivity contribution is 0.222. The minimum atomic E-state index is -0.369. The van der Waals surface area contributed by atoms with Gasteiger partial charge in [-0.1, -0.05) is 53.2 Å². The maximum Gasteiger partial charge on any atom is 0.0725 e. The second kappa shape index (κ2) is 4.79. The zero-order valence-electron chi connectivity index (χ0n) is 10.2. The lowest BCUT2D eigenvalue weighted by Gasteiger charge is -2.31. The van der Waals surface area contributed by atoms with Crippen LogP contribution in [0, 0.1) is 0 Å². The number of hydrogen-bond donors (Lipinski definition) is 1. The fraction of sp³-hybridized carbons (Fsp3) is 0.333. The van der Waals surface area contributed by atoms with Crippen LogP contribution in [0.5, 0.6) is 0 Å². The third-order valence-corrected chi connectivity index (χ3v) is 3.86. The highest BCUT2D eigenvalue weighted by molar-refractivity contribution is 9.10. The zero-order chi connectivity index (χ0) is 12.5. The largest absolute Gasteiger partial charge is 0.389 e. The van der Waals surface area contributed by atoms with Crippen LogP contribution in [0.2, 0.25) is 0 Å². The SMILES string of the molecule is CC(O)C1=CC=CC(C)(c2cccc(Br)c2)C1. The van der Waals surface area contributed by atoms with Gasteiger partial charge in [-0.15, -0.1) is 0 Å². The van der Waals surface area contributed by atoms with Crippen LogP contribution in [0.25, 0.3) is 0 Å². The van der Waals surface area contributed by atoms with Crippen molar-refractivity contribution in [1.82, 2.24) is 0 Å². The van der Waals surface area contributed by atoms with Crippen molar-refractivity contribution < 1.29 is 5.11 Å². The smallest absolute Gasteiger partial charge is 0.0725 e. The fourth-order valence-corrected chi connectivity index (χ4v) is 2.65. The summed E-state index contributed by atoms with van der Waals surface area (Å²) in [5.74, 6) is 0. The topological polar surface area (TPSA) is 20.2 Å². The minimum Gasteiger partial charge on any atom is -0.389 e. The number of rotatable bonds is 2. The van der Waals surface area contributed by atoms with Gasteiger partial charge in [-0.2, -0.15) is 0 Å². The van der Waals surface area contributed by atoms with E-state index in [0.717, 1.165) is 16.5 Å². The summed E-state index contributed by atoms with van der Waals surface area (Å²) in [6.45, 7) is 4.03. The summed E-state index contributed by atoms with van der Waals surface area (Å²) in [4.78, 5) is 0. The first kappa shape index (κ1) is 12.6. The van der Waals surface area contributed by atoms with Crippen LogP contribution in [0.4, 0.5) is 0 Å². The van der Waals surface area contributed by atoms with Crippen molar-refractivity contribution in [2.24, 2.45) is 0 Å². The number of benzene rings is 1. The average Bonchev–Trinajstić information content (AvgIpc) is 2.29. The molecule has 0 amide bonds. The van der Waals surface area contributed by atoms with E-state index in [9.17, 15) is 5.11 Å². The normalized spacial score (nSPS) is 25.5. The predicted octanol–water partition coefficient (Wildman–Crippen LogP) is 3.97. The molecule has 0 heterocycles. The van der Waals surface area contributed by atoms with Crippen LogP contribution >= 0.6 is 15.9 Å². The van der Waals surface area contributed by atoms with Gasteiger partial charge in [0.1, 0.15) is 0 Å². The molecule has 0 aliphatic heterocycles. The highest BCUT2D eigenvalue weighted by atomic mass is 79.9. The Morgan fingerprint density at radius 2 is 2.18 bits per heavy atom. The van der Waals surface area contributed by atoms with E-state index in [1.54, 1.807) is 0 Å². The molecule has 1 aromatic carbocycles. The highest BCUT2D eigenvalue weighted by Gasteiger charge is 2.28. The summed E-state index contributed by atoms with van der Waals surface area (Å²) in [6.07, 6.45) is 6.78. The molecule has 0 radical (unpaired) electrons. The first-order chi connectivity index (χ1) is 8.01. The number of halogens is 1. The average molecular weight is 293 g/mol. The fourth-order valence-electron chi connectivity index (χ4n) is 2.25. The molecule has 0 aromatic heterocycles. The quantitative estimate of drug-likeness (QED) is 0.874. The molecule has 1 aliphatic carbocycles. The summed E-state index contributed by atoms with van der Waals surface area (Å²) >= 11 is 3.51. The second-order valence-electron chi connectivity index (χ2n) is 4.88. The van der Waals surface area contributed by atoms with Gasteiger partial charge in [-0.05, 0) is 36.6 Å². The van der Waals surface area contributed by atoms with Crippen molar-refractivity contribution in [3.8, 4) is 0 Å². The molecule has 2 atom stereocenters. The van der Waals surface area contributed by atoms with E-state index in [1.807, 2.05) is 25.1 Å². The lowest BCUT2D eigenvalue weighted by Crippen LogP contribution is -2.24. The zero-order valence-corrected chi connectivity index (χ0v) is 11.7. The third-order valence-electron chi connectivity index (χ3n) is 3.37. The standard InChI is InChI=1S/C15H17BrO/c1-11(17)12-5-4-8-15(2,10-12)13-6-3-7-14(16)9-13/h3-9,11,17H,10H2,1-2H3. The van der Waals surface area contributed by atoms with Crippen molar-refractivity contribution in [1.29, 1.82) is 0 Å². The van der Waals surface area contributed by atoms with Crippen LogP contribution in [0.15, 0.2) is 52.5 Å². The van der Waals surface area contributed by atoms with E-state index in [1.165, 1.54) is 5.56 Å². The van der Waals surface area contributed by atoms with E-state index < -0.39 is 0 Å². The van der Waals surface area contributed by atoms with Crippen molar-refractivity contribution in [3.63, 3.8) is 0 Å². The van der Waals surface area contributed by atoms with Crippen LogP contribution in [0.1, 0.15) is 25.8 Å². The van der Waals surface area contributed by atoms with Crippen molar-refractivity contribution in [2.45, 2.75) is 31.8 Å². The van der Waals surface area contributed by atoms with Gasteiger partial charge in [0.05, 0.1) is 6.10 Å². The highest BCUT2D eigenvalue weighted by Crippen LogP contribution is 2.36. The van der Waals surface area contributed by atoms with E-state index >= 15 is 0 Å². The number of allylic oxidation sites excluding steroid dienone is 3. The first-order valence-electron chi connectivity index (χ1n) is 5.84. The van der Waals surface area contributed by atoms with E-state index in [4.69, 9.17) is 0 Å². The van der Waals surface area contributed by atoms with Gasteiger partial charge in [0, 0.05) is 9.89 Å². The number of hydrogen-bond acceptors (Lipinski definition) is 1. The van der Waals surface area contributed by atoms with E-state index in [-0.39, 0.29) is 11.5 Å². The molecular weight excluding hydrogens is 276 g/mol. The van der Waals surface area contributed by atoms with Gasteiger partial charge < -0.3 is 5.11 Å². The molecule has 90 valence electrons. The third kappa shape index (κ3) is 2.70. The molecule has 1 nitrogen and oxygen atoms in total. The van der Waals surface area contributed by atoms with Crippen LogP contribution < -0.4 is 0 Å². The van der Waals surface area contributed by atoms with Crippen molar-refractivity contribution >= 4 is 15.9 Å². The van der Waals surface area contributed by atoms with Crippen LogP contribution in [-0.4, -0.2) is 11.2 Å².